The van der Waals surface area contributed by atoms with Crippen molar-refractivity contribution in [2.75, 3.05) is 14.1 Å². The Bertz CT molecular complexity index is 848. The zero-order valence-corrected chi connectivity index (χ0v) is 15.9. The molecule has 0 spiro atoms. The molecule has 1 N–H and O–H groups in total. The minimum absolute atomic E-state index is 0.137. The molecule has 3 rings (SSSR count). The number of likely N-dealkylation sites (N-methyl/N-ethyl adjacent to an activating group) is 1. The molecule has 1 aliphatic rings. The summed E-state index contributed by atoms with van der Waals surface area (Å²) in [6.45, 7) is 0.423. The number of hydrogen-bond acceptors (Lipinski definition) is 5. The highest BCUT2D eigenvalue weighted by molar-refractivity contribution is 7.18. The van der Waals surface area contributed by atoms with Gasteiger partial charge in [0.1, 0.15) is 5.71 Å². The number of amides is 2. The van der Waals surface area contributed by atoms with Crippen LogP contribution in [-0.4, -0.2) is 42.6 Å². The lowest BCUT2D eigenvalue weighted by molar-refractivity contribution is -0.141. The zero-order chi connectivity index (χ0) is 18.7. The molecule has 6 nitrogen and oxygen atoms in total. The molecular formula is C18H18ClN3O3S. The number of carbonyl (C=O) groups is 2. The van der Waals surface area contributed by atoms with Gasteiger partial charge in [0.05, 0.1) is 9.21 Å². The smallest absolute Gasteiger partial charge is 0.266 e. The van der Waals surface area contributed by atoms with Crippen molar-refractivity contribution in [2.24, 2.45) is 5.16 Å². The van der Waals surface area contributed by atoms with Crippen molar-refractivity contribution in [3.05, 3.63) is 56.7 Å². The van der Waals surface area contributed by atoms with E-state index in [2.05, 4.69) is 10.5 Å². The monoisotopic (exact) mass is 391 g/mol. The van der Waals surface area contributed by atoms with Crippen molar-refractivity contribution >= 4 is 40.5 Å². The molecule has 1 aliphatic heterocycles. The van der Waals surface area contributed by atoms with Gasteiger partial charge in [-0.1, -0.05) is 28.9 Å². The predicted octanol–water partition coefficient (Wildman–Crippen LogP) is 2.91. The quantitative estimate of drug-likeness (QED) is 0.851. The van der Waals surface area contributed by atoms with Gasteiger partial charge in [0.25, 0.3) is 11.8 Å². The van der Waals surface area contributed by atoms with Crippen LogP contribution in [0.2, 0.25) is 4.34 Å². The number of benzene rings is 1. The van der Waals surface area contributed by atoms with Crippen LogP contribution < -0.4 is 5.32 Å². The molecule has 0 bridgehead atoms. The molecule has 2 amide bonds. The fourth-order valence-electron chi connectivity index (χ4n) is 2.63. The van der Waals surface area contributed by atoms with E-state index < -0.39 is 6.10 Å². The van der Waals surface area contributed by atoms with E-state index in [1.165, 1.54) is 11.3 Å². The Morgan fingerprint density at radius 2 is 2.04 bits per heavy atom. The van der Waals surface area contributed by atoms with E-state index >= 15 is 0 Å². The molecule has 1 aromatic heterocycles. The van der Waals surface area contributed by atoms with Crippen molar-refractivity contribution in [2.45, 2.75) is 19.1 Å². The molecule has 0 aliphatic carbocycles. The second-order valence-electron chi connectivity index (χ2n) is 5.91. The molecule has 2 heterocycles. The summed E-state index contributed by atoms with van der Waals surface area (Å²) in [6.07, 6.45) is -0.198. The third-order valence-corrected chi connectivity index (χ3v) is 5.32. The van der Waals surface area contributed by atoms with Gasteiger partial charge in [-0.2, -0.15) is 0 Å². The Kier molecular flexibility index (Phi) is 5.58. The molecule has 0 unspecified atom stereocenters. The summed E-state index contributed by atoms with van der Waals surface area (Å²) in [5.74, 6) is -0.277. The van der Waals surface area contributed by atoms with Crippen molar-refractivity contribution in [1.29, 1.82) is 0 Å². The molecular weight excluding hydrogens is 374 g/mol. The van der Waals surface area contributed by atoms with E-state index in [1.807, 2.05) is 18.2 Å². The third kappa shape index (κ3) is 4.05. The third-order valence-electron chi connectivity index (χ3n) is 4.04. The summed E-state index contributed by atoms with van der Waals surface area (Å²) in [5.41, 5.74) is 2.25. The first-order valence-corrected chi connectivity index (χ1v) is 9.21. The van der Waals surface area contributed by atoms with Crippen molar-refractivity contribution in [1.82, 2.24) is 10.2 Å². The van der Waals surface area contributed by atoms with E-state index in [0.29, 0.717) is 22.9 Å². The van der Waals surface area contributed by atoms with Gasteiger partial charge in [-0.25, -0.2) is 0 Å². The second-order valence-corrected chi connectivity index (χ2v) is 7.63. The van der Waals surface area contributed by atoms with E-state index in [0.717, 1.165) is 16.2 Å². The number of nitrogens with zero attached hydrogens (tertiary/aromatic N) is 2. The molecule has 136 valence electrons. The van der Waals surface area contributed by atoms with Crippen LogP contribution >= 0.6 is 22.9 Å². The highest BCUT2D eigenvalue weighted by Gasteiger charge is 2.31. The Labute approximate surface area is 160 Å². The molecule has 0 saturated carbocycles. The first kappa shape index (κ1) is 18.4. The first-order chi connectivity index (χ1) is 12.5. The summed E-state index contributed by atoms with van der Waals surface area (Å²) in [6, 6.07) is 10.8. The van der Waals surface area contributed by atoms with Crippen molar-refractivity contribution in [3.63, 3.8) is 0 Å². The molecule has 0 radical (unpaired) electrons. The number of carbonyl (C=O) groups excluding carboxylic acids is 2. The van der Waals surface area contributed by atoms with Crippen LogP contribution in [0.25, 0.3) is 0 Å². The van der Waals surface area contributed by atoms with Crippen LogP contribution in [0.3, 0.4) is 0 Å². The standard InChI is InChI=1S/C18H18ClN3O3S/c1-20-17(23)12-5-3-11(4-6-12)10-22(2)18(24)14-9-13(21-25-14)15-7-8-16(19)26-15/h3-8,14H,9-10H2,1-2H3,(H,20,23)/t14-/m0/s1. The molecule has 1 atom stereocenters. The molecule has 8 heteroatoms. The van der Waals surface area contributed by atoms with Crippen molar-refractivity contribution < 1.29 is 14.4 Å². The number of thiophene rings is 1. The molecule has 0 fully saturated rings. The molecule has 26 heavy (non-hydrogen) atoms. The van der Waals surface area contributed by atoms with Gasteiger partial charge in [0.15, 0.2) is 0 Å². The lowest BCUT2D eigenvalue weighted by atomic mass is 10.1. The van der Waals surface area contributed by atoms with Crippen LogP contribution in [0, 0.1) is 0 Å². The normalized spacial score (nSPS) is 16.0. The average molecular weight is 392 g/mol. The lowest BCUT2D eigenvalue weighted by Crippen LogP contribution is -2.36. The van der Waals surface area contributed by atoms with Crippen LogP contribution in [0.1, 0.15) is 27.2 Å². The maximum atomic E-state index is 12.6. The van der Waals surface area contributed by atoms with Gasteiger partial charge in [-0.3, -0.25) is 9.59 Å². The molecule has 1 aromatic carbocycles. The minimum atomic E-state index is -0.624. The Morgan fingerprint density at radius 3 is 2.65 bits per heavy atom. The number of hydrogen-bond donors (Lipinski definition) is 1. The van der Waals surface area contributed by atoms with Crippen LogP contribution in [0.4, 0.5) is 0 Å². The fraction of sp³-hybridized carbons (Fsp3) is 0.278. The number of oxime groups is 1. The zero-order valence-electron chi connectivity index (χ0n) is 14.4. The Hall–Kier alpha value is -2.38. The molecule has 2 aromatic rings. The van der Waals surface area contributed by atoms with Crippen LogP contribution in [0.15, 0.2) is 41.6 Å². The lowest BCUT2D eigenvalue weighted by Gasteiger charge is -2.20. The SMILES string of the molecule is CNC(=O)c1ccc(CN(C)C(=O)[C@@H]2CC(c3ccc(Cl)s3)=NO2)cc1. The number of nitrogens with one attached hydrogen (secondary N) is 1. The maximum Gasteiger partial charge on any atom is 0.266 e. The van der Waals surface area contributed by atoms with Crippen LogP contribution in [-0.2, 0) is 16.2 Å². The van der Waals surface area contributed by atoms with Gasteiger partial charge < -0.3 is 15.1 Å². The summed E-state index contributed by atoms with van der Waals surface area (Å²) < 4.78 is 0.676. The van der Waals surface area contributed by atoms with Gasteiger partial charge >= 0.3 is 0 Å². The predicted molar refractivity (Wildman–Crippen MR) is 102 cm³/mol. The van der Waals surface area contributed by atoms with E-state index in [1.54, 1.807) is 37.2 Å². The number of halogens is 1. The minimum Gasteiger partial charge on any atom is -0.382 e. The van der Waals surface area contributed by atoms with Gasteiger partial charge in [0, 0.05) is 32.6 Å². The fourth-order valence-corrected chi connectivity index (χ4v) is 3.66. The first-order valence-electron chi connectivity index (χ1n) is 8.02. The average Bonchev–Trinajstić information content (AvgIpc) is 3.30. The van der Waals surface area contributed by atoms with Crippen LogP contribution in [0.5, 0.6) is 0 Å². The number of rotatable bonds is 5. The van der Waals surface area contributed by atoms with Gasteiger partial charge in [0.2, 0.25) is 6.10 Å². The highest BCUT2D eigenvalue weighted by Crippen LogP contribution is 2.27. The molecule has 0 saturated heterocycles. The Morgan fingerprint density at radius 1 is 1.31 bits per heavy atom. The summed E-state index contributed by atoms with van der Waals surface area (Å²) in [4.78, 5) is 32.0. The summed E-state index contributed by atoms with van der Waals surface area (Å²) in [5, 5.41) is 6.60. The van der Waals surface area contributed by atoms with E-state index in [-0.39, 0.29) is 11.8 Å². The largest absolute Gasteiger partial charge is 0.382 e. The summed E-state index contributed by atoms with van der Waals surface area (Å²) >= 11 is 7.35. The topological polar surface area (TPSA) is 71.0 Å². The van der Waals surface area contributed by atoms with Crippen molar-refractivity contribution in [3.8, 4) is 0 Å². The Balaban J connectivity index is 1.58. The van der Waals surface area contributed by atoms with E-state index in [4.69, 9.17) is 16.4 Å². The van der Waals surface area contributed by atoms with Gasteiger partial charge in [-0.15, -0.1) is 11.3 Å². The van der Waals surface area contributed by atoms with Gasteiger partial charge in [-0.05, 0) is 29.8 Å². The summed E-state index contributed by atoms with van der Waals surface area (Å²) in [7, 11) is 3.31. The maximum absolute atomic E-state index is 12.6. The van der Waals surface area contributed by atoms with E-state index in [9.17, 15) is 9.59 Å². The second kappa shape index (κ2) is 7.88. The highest BCUT2D eigenvalue weighted by atomic mass is 35.5.